The first-order valence-electron chi connectivity index (χ1n) is 1.93. The monoisotopic (exact) mass is 223 g/mol. The molecule has 0 unspecified atom stereocenters. The zero-order valence-electron chi connectivity index (χ0n) is 4.67. The summed E-state index contributed by atoms with van der Waals surface area (Å²) in [5.41, 5.74) is -7.46. The minimum atomic E-state index is -7.46. The van der Waals surface area contributed by atoms with E-state index >= 15 is 0 Å². The Morgan fingerprint density at radius 3 is 1.55 bits per heavy atom. The van der Waals surface area contributed by atoms with Gasteiger partial charge in [0.1, 0.15) is 0 Å². The second-order valence-corrected chi connectivity index (χ2v) is 8.90. The summed E-state index contributed by atoms with van der Waals surface area (Å²) in [7, 11) is 0. The number of isocyanates is 2. The molecule has 0 saturated heterocycles. The standard InChI is InChI=1S/C2Cl2F2N2O2P/c3-11(4,5,6,7-1-9)8-2-10/q-1. The maximum absolute atomic E-state index is 12.6. The normalized spacial score (nSPS) is 16.7. The summed E-state index contributed by atoms with van der Waals surface area (Å²) in [6, 6.07) is 0. The van der Waals surface area contributed by atoms with Crippen LogP contribution in [-0.4, -0.2) is 12.2 Å². The molecule has 0 saturated carbocycles. The molecule has 0 rings (SSSR count). The van der Waals surface area contributed by atoms with Gasteiger partial charge >= 0.3 is 67.7 Å². The SMILES string of the molecule is O=C=N[P-](F)(F)(Cl)(Cl)N=C=O. The molecule has 64 valence electrons. The van der Waals surface area contributed by atoms with E-state index in [9.17, 15) is 18.0 Å². The average Bonchev–Trinajstić information content (AvgIpc) is 1.59. The van der Waals surface area contributed by atoms with Gasteiger partial charge in [-0.05, 0) is 0 Å². The quantitative estimate of drug-likeness (QED) is 0.411. The van der Waals surface area contributed by atoms with Gasteiger partial charge in [0.15, 0.2) is 0 Å². The summed E-state index contributed by atoms with van der Waals surface area (Å²) in [4.78, 5) is 18.8. The third-order valence-electron chi connectivity index (χ3n) is 0.473. The van der Waals surface area contributed by atoms with Crippen LogP contribution in [0.25, 0.3) is 0 Å². The van der Waals surface area contributed by atoms with Crippen LogP contribution >= 0.6 is 28.1 Å². The molecule has 0 bridgehead atoms. The molecule has 9 heteroatoms. The molecule has 0 spiro atoms. The second kappa shape index (κ2) is 2.07. The van der Waals surface area contributed by atoms with E-state index in [1.807, 2.05) is 9.53 Å². The molecule has 0 radical (unpaired) electrons. The first kappa shape index (κ1) is 10.6. The van der Waals surface area contributed by atoms with Gasteiger partial charge < -0.3 is 0 Å². The summed E-state index contributed by atoms with van der Waals surface area (Å²) in [6.07, 6.45) is 0.846. The van der Waals surface area contributed by atoms with Crippen LogP contribution in [0.15, 0.2) is 9.53 Å². The third kappa shape index (κ3) is 4.14. The fourth-order valence-corrected chi connectivity index (χ4v) is 0.917. The Hall–Kier alpha value is -0.370. The Bertz CT molecular complexity index is 260. The molecular weight excluding hydrogens is 224 g/mol. The molecule has 0 N–H and O–H groups in total. The van der Waals surface area contributed by atoms with Gasteiger partial charge in [-0.15, -0.1) is 0 Å². The van der Waals surface area contributed by atoms with Crippen molar-refractivity contribution >= 4 is 40.2 Å². The van der Waals surface area contributed by atoms with Crippen molar-refractivity contribution in [2.45, 2.75) is 0 Å². The van der Waals surface area contributed by atoms with Crippen molar-refractivity contribution in [2.24, 2.45) is 9.53 Å². The average molecular weight is 224 g/mol. The zero-order chi connectivity index (χ0) is 9.24. The van der Waals surface area contributed by atoms with Gasteiger partial charge in [0, 0.05) is 0 Å². The molecule has 0 aromatic heterocycles. The van der Waals surface area contributed by atoms with Crippen LogP contribution in [0.5, 0.6) is 0 Å². The van der Waals surface area contributed by atoms with Gasteiger partial charge in [0.2, 0.25) is 0 Å². The molecule has 0 heterocycles. The fraction of sp³-hybridized carbons (Fsp3) is 0. The van der Waals surface area contributed by atoms with Crippen molar-refractivity contribution in [3.05, 3.63) is 0 Å². The number of carbonyl (C=O) groups excluding carboxylic acids is 2. The fourth-order valence-electron chi connectivity index (χ4n) is 0.182. The van der Waals surface area contributed by atoms with Crippen LogP contribution < -0.4 is 0 Å². The predicted octanol–water partition coefficient (Wildman–Crippen LogP) is 2.65. The maximum atomic E-state index is 12.6. The van der Waals surface area contributed by atoms with E-state index in [0.29, 0.717) is 12.2 Å². The van der Waals surface area contributed by atoms with Crippen molar-refractivity contribution in [3.63, 3.8) is 0 Å². The molecule has 0 aliphatic heterocycles. The van der Waals surface area contributed by atoms with Crippen molar-refractivity contribution in [3.8, 4) is 0 Å². The van der Waals surface area contributed by atoms with Crippen molar-refractivity contribution in [1.29, 1.82) is 0 Å². The molecule has 0 amide bonds. The summed E-state index contributed by atoms with van der Waals surface area (Å²) >= 11 is 8.72. The molecule has 0 fully saturated rings. The van der Waals surface area contributed by atoms with Gasteiger partial charge in [-0.1, -0.05) is 0 Å². The molecule has 11 heavy (non-hydrogen) atoms. The number of nitrogens with zero attached hydrogens (tertiary/aromatic N) is 2. The molecular formula is C2Cl2F2N2O2P-. The van der Waals surface area contributed by atoms with E-state index < -0.39 is 5.57 Å². The number of hydrogen-bond donors (Lipinski definition) is 0. The Morgan fingerprint density at radius 1 is 1.09 bits per heavy atom. The Kier molecular flexibility index (Phi) is 2.00. The summed E-state index contributed by atoms with van der Waals surface area (Å²) < 4.78 is 28.8. The Balaban J connectivity index is 5.54. The van der Waals surface area contributed by atoms with E-state index in [1.165, 1.54) is 0 Å². The third-order valence-corrected chi connectivity index (χ3v) is 2.33. The number of halogens is 4. The van der Waals surface area contributed by atoms with Gasteiger partial charge in [-0.3, -0.25) is 0 Å². The van der Waals surface area contributed by atoms with Crippen molar-refractivity contribution in [1.82, 2.24) is 0 Å². The van der Waals surface area contributed by atoms with E-state index in [-0.39, 0.29) is 0 Å². The summed E-state index contributed by atoms with van der Waals surface area (Å²) in [6.45, 7) is 0. The van der Waals surface area contributed by atoms with Crippen LogP contribution in [0.4, 0.5) is 8.39 Å². The van der Waals surface area contributed by atoms with Crippen molar-refractivity contribution < 1.29 is 18.0 Å². The van der Waals surface area contributed by atoms with Crippen LogP contribution in [0.2, 0.25) is 0 Å². The zero-order valence-corrected chi connectivity index (χ0v) is 7.08. The summed E-state index contributed by atoms with van der Waals surface area (Å²) in [5.74, 6) is 0. The molecule has 0 atom stereocenters. The van der Waals surface area contributed by atoms with Crippen LogP contribution in [-0.2, 0) is 9.59 Å². The van der Waals surface area contributed by atoms with Gasteiger partial charge in [-0.2, -0.15) is 0 Å². The van der Waals surface area contributed by atoms with Crippen LogP contribution in [0, 0.1) is 0 Å². The molecule has 0 aliphatic rings. The molecule has 0 aromatic carbocycles. The molecule has 4 nitrogen and oxygen atoms in total. The minimum absolute atomic E-state index is 0.423. The predicted molar refractivity (Wildman–Crippen MR) is 37.1 cm³/mol. The van der Waals surface area contributed by atoms with Crippen molar-refractivity contribution in [2.75, 3.05) is 0 Å². The Labute approximate surface area is 68.4 Å². The topological polar surface area (TPSA) is 58.9 Å². The van der Waals surface area contributed by atoms with Gasteiger partial charge in [-0.25, -0.2) is 0 Å². The van der Waals surface area contributed by atoms with Gasteiger partial charge in [0.05, 0.1) is 0 Å². The second-order valence-electron chi connectivity index (χ2n) is 1.46. The van der Waals surface area contributed by atoms with E-state index in [2.05, 4.69) is 22.5 Å². The first-order valence-corrected chi connectivity index (χ1v) is 6.11. The first-order chi connectivity index (χ1) is 4.62. The molecule has 0 aliphatic carbocycles. The Morgan fingerprint density at radius 2 is 1.36 bits per heavy atom. The summed E-state index contributed by atoms with van der Waals surface area (Å²) in [5, 5.41) is 0. The van der Waals surface area contributed by atoms with Gasteiger partial charge in [0.25, 0.3) is 0 Å². The van der Waals surface area contributed by atoms with E-state index in [0.717, 1.165) is 0 Å². The van der Waals surface area contributed by atoms with Crippen LogP contribution in [0.1, 0.15) is 0 Å². The number of rotatable bonds is 2. The molecule has 0 aromatic rings. The number of hydrogen-bond acceptors (Lipinski definition) is 4. The van der Waals surface area contributed by atoms with E-state index in [4.69, 9.17) is 0 Å². The van der Waals surface area contributed by atoms with Crippen LogP contribution in [0.3, 0.4) is 0 Å². The van der Waals surface area contributed by atoms with E-state index in [1.54, 1.807) is 0 Å².